The first-order chi connectivity index (χ1) is 12.6. The Hall–Kier alpha value is -1.72. The maximum atomic E-state index is 11.6. The number of carbonyl (C=O) groups is 4. The van der Waals surface area contributed by atoms with Crippen molar-refractivity contribution in [1.82, 2.24) is 0 Å². The number of hydrogen-bond acceptors (Lipinski definition) is 10. The Morgan fingerprint density at radius 1 is 0.815 bits per heavy atom. The Labute approximate surface area is 164 Å². The van der Waals surface area contributed by atoms with Gasteiger partial charge in [0.05, 0.1) is 6.61 Å². The van der Waals surface area contributed by atoms with E-state index in [0.29, 0.717) is 5.33 Å². The topological polar surface area (TPSA) is 124 Å². The van der Waals surface area contributed by atoms with Gasteiger partial charge in [0.2, 0.25) is 0 Å². The van der Waals surface area contributed by atoms with E-state index in [4.69, 9.17) is 28.4 Å². The van der Waals surface area contributed by atoms with Crippen LogP contribution in [0.1, 0.15) is 27.7 Å². The molecule has 0 saturated carbocycles. The van der Waals surface area contributed by atoms with E-state index in [0.717, 1.165) is 20.8 Å². The minimum atomic E-state index is -1.22. The molecular weight excluding hydrogens is 432 g/mol. The summed E-state index contributed by atoms with van der Waals surface area (Å²) in [6.07, 6.45) is -5.73. The number of hydrogen-bond donors (Lipinski definition) is 0. The van der Waals surface area contributed by atoms with E-state index in [1.54, 1.807) is 0 Å². The molecule has 0 bridgehead atoms. The fourth-order valence-electron chi connectivity index (χ4n) is 2.48. The van der Waals surface area contributed by atoms with Gasteiger partial charge in [-0.15, -0.1) is 0 Å². The second kappa shape index (κ2) is 11.2. The minimum Gasteiger partial charge on any atom is -0.463 e. The van der Waals surface area contributed by atoms with Crippen molar-refractivity contribution in [3.63, 3.8) is 0 Å². The lowest BCUT2D eigenvalue weighted by molar-refractivity contribution is -0.306. The molecule has 0 N–H and O–H groups in total. The van der Waals surface area contributed by atoms with Gasteiger partial charge in [-0.1, -0.05) is 15.9 Å². The van der Waals surface area contributed by atoms with Crippen LogP contribution in [0.15, 0.2) is 0 Å². The summed E-state index contributed by atoms with van der Waals surface area (Å²) in [4.78, 5) is 45.8. The summed E-state index contributed by atoms with van der Waals surface area (Å²) in [5.41, 5.74) is 0. The second-order valence-electron chi connectivity index (χ2n) is 5.63. The molecule has 0 aromatic rings. The van der Waals surface area contributed by atoms with Gasteiger partial charge in [0, 0.05) is 33.0 Å². The molecule has 0 aliphatic carbocycles. The van der Waals surface area contributed by atoms with Crippen LogP contribution in [0.5, 0.6) is 0 Å². The third kappa shape index (κ3) is 7.81. The molecule has 0 aromatic heterocycles. The van der Waals surface area contributed by atoms with Gasteiger partial charge in [-0.25, -0.2) is 0 Å². The molecule has 0 radical (unpaired) electrons. The highest BCUT2D eigenvalue weighted by atomic mass is 79.9. The summed E-state index contributed by atoms with van der Waals surface area (Å²) in [6.45, 7) is 4.58. The van der Waals surface area contributed by atoms with Crippen molar-refractivity contribution >= 4 is 39.8 Å². The first kappa shape index (κ1) is 23.3. The van der Waals surface area contributed by atoms with Gasteiger partial charge in [0.15, 0.2) is 24.6 Å². The first-order valence-corrected chi connectivity index (χ1v) is 9.25. The van der Waals surface area contributed by atoms with Crippen molar-refractivity contribution in [2.45, 2.75) is 58.4 Å². The van der Waals surface area contributed by atoms with E-state index in [1.165, 1.54) is 6.92 Å². The fraction of sp³-hybridized carbons (Fsp3) is 0.750. The molecule has 10 nitrogen and oxygen atoms in total. The molecule has 5 unspecified atom stereocenters. The highest BCUT2D eigenvalue weighted by molar-refractivity contribution is 9.09. The molecule has 1 saturated heterocycles. The molecule has 1 fully saturated rings. The lowest BCUT2D eigenvalue weighted by Gasteiger charge is -2.44. The van der Waals surface area contributed by atoms with Crippen molar-refractivity contribution in [2.24, 2.45) is 0 Å². The van der Waals surface area contributed by atoms with E-state index in [1.807, 2.05) is 0 Å². The van der Waals surface area contributed by atoms with Crippen LogP contribution in [0.2, 0.25) is 0 Å². The van der Waals surface area contributed by atoms with E-state index in [-0.39, 0.29) is 13.2 Å². The zero-order valence-electron chi connectivity index (χ0n) is 15.5. The number of alkyl halides is 1. The van der Waals surface area contributed by atoms with Gasteiger partial charge >= 0.3 is 23.9 Å². The predicted molar refractivity (Wildman–Crippen MR) is 91.7 cm³/mol. The molecule has 5 atom stereocenters. The number of carbonyl (C=O) groups excluding carboxylic acids is 4. The Balaban J connectivity index is 3.22. The number of ether oxygens (including phenoxy) is 6. The van der Waals surface area contributed by atoms with E-state index < -0.39 is 54.6 Å². The highest BCUT2D eigenvalue weighted by Crippen LogP contribution is 2.29. The molecule has 0 amide bonds. The van der Waals surface area contributed by atoms with Gasteiger partial charge in [-0.2, -0.15) is 0 Å². The maximum Gasteiger partial charge on any atom is 0.303 e. The monoisotopic (exact) mass is 454 g/mol. The minimum absolute atomic E-state index is 0.188. The van der Waals surface area contributed by atoms with E-state index >= 15 is 0 Å². The van der Waals surface area contributed by atoms with Crippen LogP contribution in [0.3, 0.4) is 0 Å². The third-order valence-electron chi connectivity index (χ3n) is 3.31. The lowest BCUT2D eigenvalue weighted by Crippen LogP contribution is -2.63. The quantitative estimate of drug-likeness (QED) is 0.290. The average Bonchev–Trinajstić information content (AvgIpc) is 2.54. The van der Waals surface area contributed by atoms with Crippen LogP contribution in [0.4, 0.5) is 0 Å². The Kier molecular flexibility index (Phi) is 9.67. The van der Waals surface area contributed by atoms with Crippen LogP contribution in [-0.2, 0) is 47.6 Å². The van der Waals surface area contributed by atoms with Crippen LogP contribution in [0.25, 0.3) is 0 Å². The van der Waals surface area contributed by atoms with Crippen molar-refractivity contribution in [1.29, 1.82) is 0 Å². The van der Waals surface area contributed by atoms with Gasteiger partial charge in [0.25, 0.3) is 0 Å². The molecule has 0 aromatic carbocycles. The third-order valence-corrected chi connectivity index (χ3v) is 3.63. The molecule has 1 heterocycles. The van der Waals surface area contributed by atoms with Gasteiger partial charge < -0.3 is 28.4 Å². The Morgan fingerprint density at radius 3 is 1.81 bits per heavy atom. The molecular formula is C16H23BrO10. The molecule has 1 aliphatic heterocycles. The van der Waals surface area contributed by atoms with Crippen LogP contribution in [-0.4, -0.2) is 73.1 Å². The summed E-state index contributed by atoms with van der Waals surface area (Å²) in [6, 6.07) is 0. The highest BCUT2D eigenvalue weighted by Gasteiger charge is 2.52. The molecule has 154 valence electrons. The molecule has 1 rings (SSSR count). The molecule has 27 heavy (non-hydrogen) atoms. The standard InChI is InChI=1S/C16H23BrO10/c1-8(18)23-7-12-13(24-9(2)19)14(25-10(3)20)15(26-11(4)21)16(27-12)22-6-5-17/h12-16H,5-7H2,1-4H3. The summed E-state index contributed by atoms with van der Waals surface area (Å²) in [7, 11) is 0. The van der Waals surface area contributed by atoms with Crippen molar-refractivity contribution in [3.8, 4) is 0 Å². The molecule has 1 aliphatic rings. The fourth-order valence-corrected chi connectivity index (χ4v) is 2.67. The zero-order valence-corrected chi connectivity index (χ0v) is 17.1. The van der Waals surface area contributed by atoms with Crippen molar-refractivity contribution in [2.75, 3.05) is 18.5 Å². The maximum absolute atomic E-state index is 11.6. The van der Waals surface area contributed by atoms with Crippen molar-refractivity contribution in [3.05, 3.63) is 0 Å². The first-order valence-electron chi connectivity index (χ1n) is 8.13. The summed E-state index contributed by atoms with van der Waals surface area (Å²) < 4.78 is 31.9. The van der Waals surface area contributed by atoms with E-state index in [9.17, 15) is 19.2 Å². The van der Waals surface area contributed by atoms with Gasteiger partial charge in [0.1, 0.15) is 12.7 Å². The Bertz CT molecular complexity index is 551. The SMILES string of the molecule is CC(=O)OCC1OC(OCCBr)C(OC(C)=O)C(OC(C)=O)C1OC(C)=O. The van der Waals surface area contributed by atoms with Crippen LogP contribution in [0, 0.1) is 0 Å². The smallest absolute Gasteiger partial charge is 0.303 e. The lowest BCUT2D eigenvalue weighted by atomic mass is 9.98. The number of rotatable bonds is 8. The average molecular weight is 455 g/mol. The van der Waals surface area contributed by atoms with Gasteiger partial charge in [-0.05, 0) is 0 Å². The second-order valence-corrected chi connectivity index (χ2v) is 6.42. The van der Waals surface area contributed by atoms with Crippen LogP contribution < -0.4 is 0 Å². The normalized spacial score (nSPS) is 27.4. The van der Waals surface area contributed by atoms with E-state index in [2.05, 4.69) is 15.9 Å². The number of esters is 4. The number of halogens is 1. The summed E-state index contributed by atoms with van der Waals surface area (Å²) in [5.74, 6) is -2.63. The predicted octanol–water partition coefficient (Wildman–Crippen LogP) is 0.481. The summed E-state index contributed by atoms with van der Waals surface area (Å²) >= 11 is 3.20. The van der Waals surface area contributed by atoms with Crippen LogP contribution >= 0.6 is 15.9 Å². The molecule has 0 spiro atoms. The van der Waals surface area contributed by atoms with Crippen molar-refractivity contribution < 1.29 is 47.6 Å². The van der Waals surface area contributed by atoms with Gasteiger partial charge in [-0.3, -0.25) is 19.2 Å². The molecule has 11 heteroatoms. The largest absolute Gasteiger partial charge is 0.463 e. The summed E-state index contributed by atoms with van der Waals surface area (Å²) in [5, 5.41) is 0.458. The zero-order chi connectivity index (χ0) is 20.6. The Morgan fingerprint density at radius 2 is 1.33 bits per heavy atom.